The van der Waals surface area contributed by atoms with Gasteiger partial charge in [0.2, 0.25) is 0 Å². The summed E-state index contributed by atoms with van der Waals surface area (Å²) in [5.41, 5.74) is 1.35. The highest BCUT2D eigenvalue weighted by molar-refractivity contribution is 14.0. The van der Waals surface area contributed by atoms with Gasteiger partial charge in [-0.15, -0.1) is 24.0 Å². The molecule has 6 heteroatoms. The molecule has 1 aromatic carbocycles. The van der Waals surface area contributed by atoms with Gasteiger partial charge in [0.1, 0.15) is 0 Å². The van der Waals surface area contributed by atoms with Gasteiger partial charge in [0, 0.05) is 39.3 Å². The number of nitrogens with zero attached hydrogens (tertiary/aromatic N) is 2. The van der Waals surface area contributed by atoms with Crippen molar-refractivity contribution in [3.05, 3.63) is 35.9 Å². The summed E-state index contributed by atoms with van der Waals surface area (Å²) in [6, 6.07) is 11.1. The molecule has 138 valence electrons. The summed E-state index contributed by atoms with van der Waals surface area (Å²) in [6.45, 7) is 8.36. The molecular formula is C18H33IN4O. The molecule has 24 heavy (non-hydrogen) atoms. The fraction of sp³-hybridized carbons (Fsp3) is 0.611. The van der Waals surface area contributed by atoms with Gasteiger partial charge >= 0.3 is 0 Å². The number of hydrogen-bond acceptors (Lipinski definition) is 3. The number of guanidine groups is 1. The molecule has 1 rings (SSSR count). The molecule has 1 unspecified atom stereocenters. The standard InChI is InChI=1S/C18H32N4O.HI/c1-5-23-14-13-21-18(19-3)20-12-11-16(2)22(4)15-17-9-7-6-8-10-17;/h6-10,16H,5,11-15H2,1-4H3,(H2,19,20,21);1H. The predicted octanol–water partition coefficient (Wildman–Crippen LogP) is 2.72. The zero-order chi connectivity index (χ0) is 16.9. The number of halogens is 1. The Bertz CT molecular complexity index is 442. The second-order valence-electron chi connectivity index (χ2n) is 5.66. The minimum atomic E-state index is 0. The Balaban J connectivity index is 0.00000529. The Morgan fingerprint density at radius 1 is 1.21 bits per heavy atom. The first-order valence-corrected chi connectivity index (χ1v) is 8.43. The average Bonchev–Trinajstić information content (AvgIpc) is 2.57. The number of benzene rings is 1. The van der Waals surface area contributed by atoms with Crippen molar-refractivity contribution in [2.45, 2.75) is 32.9 Å². The van der Waals surface area contributed by atoms with E-state index in [0.717, 1.165) is 38.6 Å². The van der Waals surface area contributed by atoms with Crippen LogP contribution in [-0.4, -0.2) is 57.3 Å². The third kappa shape index (κ3) is 10.1. The largest absolute Gasteiger partial charge is 0.380 e. The molecule has 1 atom stereocenters. The topological polar surface area (TPSA) is 48.9 Å². The second kappa shape index (κ2) is 14.5. The van der Waals surface area contributed by atoms with Gasteiger partial charge in [-0.25, -0.2) is 0 Å². The van der Waals surface area contributed by atoms with E-state index in [-0.39, 0.29) is 24.0 Å². The van der Waals surface area contributed by atoms with E-state index in [2.05, 4.69) is 64.8 Å². The van der Waals surface area contributed by atoms with Crippen molar-refractivity contribution in [3.8, 4) is 0 Å². The van der Waals surface area contributed by atoms with E-state index in [1.54, 1.807) is 7.05 Å². The van der Waals surface area contributed by atoms with E-state index in [1.165, 1.54) is 5.56 Å². The second-order valence-corrected chi connectivity index (χ2v) is 5.66. The molecule has 5 nitrogen and oxygen atoms in total. The smallest absolute Gasteiger partial charge is 0.191 e. The lowest BCUT2D eigenvalue weighted by molar-refractivity contribution is 0.152. The first kappa shape index (κ1) is 23.1. The molecule has 0 radical (unpaired) electrons. The van der Waals surface area contributed by atoms with Gasteiger partial charge in [-0.2, -0.15) is 0 Å². The minimum Gasteiger partial charge on any atom is -0.380 e. The molecule has 0 aliphatic heterocycles. The van der Waals surface area contributed by atoms with Crippen LogP contribution in [0.25, 0.3) is 0 Å². The first-order chi connectivity index (χ1) is 11.2. The van der Waals surface area contributed by atoms with E-state index < -0.39 is 0 Å². The third-order valence-electron chi connectivity index (χ3n) is 3.85. The van der Waals surface area contributed by atoms with Crippen LogP contribution in [0.2, 0.25) is 0 Å². The van der Waals surface area contributed by atoms with E-state index >= 15 is 0 Å². The maximum atomic E-state index is 5.31. The summed E-state index contributed by atoms with van der Waals surface area (Å²) in [5.74, 6) is 0.836. The van der Waals surface area contributed by atoms with Crippen LogP contribution >= 0.6 is 24.0 Å². The van der Waals surface area contributed by atoms with Crippen LogP contribution in [-0.2, 0) is 11.3 Å². The lowest BCUT2D eigenvalue weighted by Gasteiger charge is -2.25. The summed E-state index contributed by atoms with van der Waals surface area (Å²) in [4.78, 5) is 6.60. The first-order valence-electron chi connectivity index (χ1n) is 8.43. The third-order valence-corrected chi connectivity index (χ3v) is 3.85. The van der Waals surface area contributed by atoms with Crippen molar-refractivity contribution in [2.75, 3.05) is 40.4 Å². The molecule has 0 aliphatic rings. The van der Waals surface area contributed by atoms with Crippen molar-refractivity contribution < 1.29 is 4.74 Å². The van der Waals surface area contributed by atoms with Crippen LogP contribution in [0.3, 0.4) is 0 Å². The normalized spacial score (nSPS) is 12.6. The lowest BCUT2D eigenvalue weighted by atomic mass is 10.1. The quantitative estimate of drug-likeness (QED) is 0.250. The van der Waals surface area contributed by atoms with Crippen LogP contribution in [0.1, 0.15) is 25.8 Å². The Morgan fingerprint density at radius 2 is 1.88 bits per heavy atom. The van der Waals surface area contributed by atoms with E-state index in [4.69, 9.17) is 4.74 Å². The lowest BCUT2D eigenvalue weighted by Crippen LogP contribution is -2.41. The van der Waals surface area contributed by atoms with Crippen molar-refractivity contribution in [2.24, 2.45) is 4.99 Å². The highest BCUT2D eigenvalue weighted by Gasteiger charge is 2.09. The molecule has 1 aromatic rings. The van der Waals surface area contributed by atoms with E-state index in [0.29, 0.717) is 12.6 Å². The molecular weight excluding hydrogens is 415 g/mol. The molecule has 0 saturated carbocycles. The Morgan fingerprint density at radius 3 is 2.50 bits per heavy atom. The summed E-state index contributed by atoms with van der Waals surface area (Å²) in [7, 11) is 3.97. The van der Waals surface area contributed by atoms with Crippen LogP contribution in [0.5, 0.6) is 0 Å². The van der Waals surface area contributed by atoms with Crippen LogP contribution < -0.4 is 10.6 Å². The fourth-order valence-corrected chi connectivity index (χ4v) is 2.25. The monoisotopic (exact) mass is 448 g/mol. The van der Waals surface area contributed by atoms with Gasteiger partial charge < -0.3 is 15.4 Å². The highest BCUT2D eigenvalue weighted by atomic mass is 127. The number of nitrogens with one attached hydrogen (secondary N) is 2. The highest BCUT2D eigenvalue weighted by Crippen LogP contribution is 2.07. The van der Waals surface area contributed by atoms with Gasteiger partial charge in [-0.3, -0.25) is 9.89 Å². The van der Waals surface area contributed by atoms with Crippen molar-refractivity contribution >= 4 is 29.9 Å². The molecule has 0 aliphatic carbocycles. The van der Waals surface area contributed by atoms with Gasteiger partial charge in [-0.05, 0) is 32.9 Å². The Kier molecular flexibility index (Phi) is 14.0. The fourth-order valence-electron chi connectivity index (χ4n) is 2.25. The number of aliphatic imine (C=N–C) groups is 1. The Labute approximate surface area is 164 Å². The van der Waals surface area contributed by atoms with Crippen LogP contribution in [0, 0.1) is 0 Å². The van der Waals surface area contributed by atoms with Gasteiger partial charge in [0.25, 0.3) is 0 Å². The van der Waals surface area contributed by atoms with Gasteiger partial charge in [0.15, 0.2) is 5.96 Å². The molecule has 0 saturated heterocycles. The van der Waals surface area contributed by atoms with E-state index in [9.17, 15) is 0 Å². The maximum absolute atomic E-state index is 5.31. The van der Waals surface area contributed by atoms with Crippen LogP contribution in [0.15, 0.2) is 35.3 Å². The Hall–Kier alpha value is -0.860. The van der Waals surface area contributed by atoms with Gasteiger partial charge in [-0.1, -0.05) is 30.3 Å². The number of hydrogen-bond donors (Lipinski definition) is 2. The average molecular weight is 448 g/mol. The molecule has 0 amide bonds. The maximum Gasteiger partial charge on any atom is 0.191 e. The van der Waals surface area contributed by atoms with Gasteiger partial charge in [0.05, 0.1) is 6.61 Å². The van der Waals surface area contributed by atoms with Crippen molar-refractivity contribution in [1.82, 2.24) is 15.5 Å². The molecule has 0 bridgehead atoms. The molecule has 0 heterocycles. The van der Waals surface area contributed by atoms with Crippen molar-refractivity contribution in [3.63, 3.8) is 0 Å². The number of ether oxygens (including phenoxy) is 1. The number of rotatable bonds is 10. The van der Waals surface area contributed by atoms with Crippen molar-refractivity contribution in [1.29, 1.82) is 0 Å². The molecule has 0 spiro atoms. The molecule has 0 aromatic heterocycles. The zero-order valence-electron chi connectivity index (χ0n) is 15.4. The van der Waals surface area contributed by atoms with E-state index in [1.807, 2.05) is 6.92 Å². The minimum absolute atomic E-state index is 0. The summed E-state index contributed by atoms with van der Waals surface area (Å²) < 4.78 is 5.31. The predicted molar refractivity (Wildman–Crippen MR) is 113 cm³/mol. The van der Waals surface area contributed by atoms with Crippen LogP contribution in [0.4, 0.5) is 0 Å². The zero-order valence-corrected chi connectivity index (χ0v) is 17.7. The molecule has 0 fully saturated rings. The summed E-state index contributed by atoms with van der Waals surface area (Å²) >= 11 is 0. The summed E-state index contributed by atoms with van der Waals surface area (Å²) in [5, 5.41) is 6.60. The molecule has 2 N–H and O–H groups in total. The SMILES string of the molecule is CCOCCNC(=NC)NCCC(C)N(C)Cc1ccccc1.I. The summed E-state index contributed by atoms with van der Waals surface area (Å²) in [6.07, 6.45) is 1.06.